The van der Waals surface area contributed by atoms with E-state index in [0.717, 1.165) is 12.3 Å². The molecule has 3 atom stereocenters. The molecule has 0 aromatic rings. The monoisotopic (exact) mass is 293 g/mol. The van der Waals surface area contributed by atoms with E-state index in [0.29, 0.717) is 24.2 Å². The van der Waals surface area contributed by atoms with Crippen molar-refractivity contribution in [2.24, 2.45) is 16.6 Å². The van der Waals surface area contributed by atoms with Crippen LogP contribution >= 0.6 is 0 Å². The number of nitrogens with zero attached hydrogens (tertiary/aromatic N) is 2. The first-order chi connectivity index (χ1) is 9.99. The number of fused-ring (bicyclic) bond motifs is 1. The van der Waals surface area contributed by atoms with Gasteiger partial charge in [0.25, 0.3) is 0 Å². The van der Waals surface area contributed by atoms with E-state index in [1.165, 1.54) is 50.8 Å². The Morgan fingerprint density at radius 1 is 1.05 bits per heavy atom. The van der Waals surface area contributed by atoms with Gasteiger partial charge in [0.15, 0.2) is 0 Å². The van der Waals surface area contributed by atoms with Crippen LogP contribution in [0.25, 0.3) is 0 Å². The van der Waals surface area contributed by atoms with E-state index in [9.17, 15) is 0 Å². The van der Waals surface area contributed by atoms with Crippen molar-refractivity contribution in [3.8, 4) is 0 Å². The number of likely N-dealkylation sites (tertiary alicyclic amines) is 1. The molecule has 1 aliphatic heterocycles. The van der Waals surface area contributed by atoms with Crippen LogP contribution in [-0.4, -0.2) is 34.9 Å². The smallest absolute Gasteiger partial charge is 0.0997 e. The summed E-state index contributed by atoms with van der Waals surface area (Å²) < 4.78 is 0. The van der Waals surface area contributed by atoms with E-state index in [2.05, 4.69) is 32.6 Å². The molecule has 1 saturated carbocycles. The molecule has 1 saturated heterocycles. The van der Waals surface area contributed by atoms with Crippen LogP contribution in [0.3, 0.4) is 0 Å². The average Bonchev–Trinajstić information content (AvgIpc) is 2.47. The number of hydrogen-bond acceptors (Lipinski definition) is 2. The molecule has 3 nitrogen and oxygen atoms in total. The SMILES string of the molecule is CC(C)/N=C1\CCC2CC(N)CCCCCC2N1C(C)C. The van der Waals surface area contributed by atoms with Gasteiger partial charge >= 0.3 is 0 Å². The minimum absolute atomic E-state index is 0.399. The molecule has 1 heterocycles. The van der Waals surface area contributed by atoms with Crippen LogP contribution in [-0.2, 0) is 0 Å². The highest BCUT2D eigenvalue weighted by molar-refractivity contribution is 5.84. The zero-order chi connectivity index (χ0) is 15.4. The third-order valence-electron chi connectivity index (χ3n) is 5.08. The second kappa shape index (κ2) is 7.62. The molecule has 122 valence electrons. The fourth-order valence-corrected chi connectivity index (χ4v) is 4.26. The van der Waals surface area contributed by atoms with Gasteiger partial charge in [-0.05, 0) is 59.3 Å². The lowest BCUT2D eigenvalue weighted by atomic mass is 9.81. The van der Waals surface area contributed by atoms with Gasteiger partial charge < -0.3 is 10.6 Å². The van der Waals surface area contributed by atoms with E-state index in [4.69, 9.17) is 10.7 Å². The number of piperidine rings is 1. The maximum Gasteiger partial charge on any atom is 0.0997 e. The molecule has 2 rings (SSSR count). The Balaban J connectivity index is 2.22. The molecule has 0 aromatic carbocycles. The average molecular weight is 293 g/mol. The molecule has 0 aromatic heterocycles. The summed E-state index contributed by atoms with van der Waals surface area (Å²) in [5.74, 6) is 2.13. The zero-order valence-electron chi connectivity index (χ0n) is 14.5. The van der Waals surface area contributed by atoms with Crippen LogP contribution in [0, 0.1) is 5.92 Å². The Labute approximate surface area is 131 Å². The van der Waals surface area contributed by atoms with Crippen molar-refractivity contribution >= 4 is 5.84 Å². The molecular weight excluding hydrogens is 258 g/mol. The topological polar surface area (TPSA) is 41.6 Å². The molecule has 3 unspecified atom stereocenters. The van der Waals surface area contributed by atoms with Gasteiger partial charge in [0.05, 0.1) is 5.84 Å². The van der Waals surface area contributed by atoms with E-state index >= 15 is 0 Å². The number of hydrogen-bond donors (Lipinski definition) is 1. The number of rotatable bonds is 2. The van der Waals surface area contributed by atoms with Gasteiger partial charge in [-0.25, -0.2) is 0 Å². The van der Waals surface area contributed by atoms with Gasteiger partial charge in [0.2, 0.25) is 0 Å². The third kappa shape index (κ3) is 4.45. The largest absolute Gasteiger partial charge is 0.355 e. The Morgan fingerprint density at radius 3 is 2.43 bits per heavy atom. The predicted octanol–water partition coefficient (Wildman–Crippen LogP) is 3.96. The maximum atomic E-state index is 6.37. The minimum Gasteiger partial charge on any atom is -0.355 e. The quantitative estimate of drug-likeness (QED) is 0.837. The summed E-state index contributed by atoms with van der Waals surface area (Å²) in [4.78, 5) is 7.58. The van der Waals surface area contributed by atoms with Gasteiger partial charge in [-0.15, -0.1) is 0 Å². The molecule has 1 aliphatic carbocycles. The zero-order valence-corrected chi connectivity index (χ0v) is 14.5. The van der Waals surface area contributed by atoms with Crippen molar-refractivity contribution in [1.82, 2.24) is 4.90 Å². The van der Waals surface area contributed by atoms with Crippen molar-refractivity contribution in [2.75, 3.05) is 0 Å². The molecule has 21 heavy (non-hydrogen) atoms. The standard InChI is InChI=1S/C18H35N3/c1-13(2)20-18-11-10-15-12-16(19)8-6-5-7-9-17(15)21(18)14(3)4/h13-17H,5-12,19H2,1-4H3/b20-18+. The van der Waals surface area contributed by atoms with E-state index in [-0.39, 0.29) is 0 Å². The highest BCUT2D eigenvalue weighted by Crippen LogP contribution is 2.35. The number of aliphatic imine (C=N–C) groups is 1. The molecule has 0 bridgehead atoms. The van der Waals surface area contributed by atoms with Crippen LogP contribution in [0.4, 0.5) is 0 Å². The summed E-state index contributed by atoms with van der Waals surface area (Å²) in [6.45, 7) is 9.03. The second-order valence-electron chi connectivity index (χ2n) is 7.64. The summed E-state index contributed by atoms with van der Waals surface area (Å²) >= 11 is 0. The third-order valence-corrected chi connectivity index (χ3v) is 5.08. The van der Waals surface area contributed by atoms with Crippen molar-refractivity contribution < 1.29 is 0 Å². The first-order valence-corrected chi connectivity index (χ1v) is 9.09. The first kappa shape index (κ1) is 16.8. The summed E-state index contributed by atoms with van der Waals surface area (Å²) in [6, 6.07) is 2.03. The summed E-state index contributed by atoms with van der Waals surface area (Å²) in [5, 5.41) is 0. The van der Waals surface area contributed by atoms with Crippen LogP contribution in [0.5, 0.6) is 0 Å². The Bertz CT molecular complexity index is 348. The summed E-state index contributed by atoms with van der Waals surface area (Å²) in [6.07, 6.45) is 10.2. The minimum atomic E-state index is 0.399. The van der Waals surface area contributed by atoms with Crippen LogP contribution < -0.4 is 5.73 Å². The second-order valence-corrected chi connectivity index (χ2v) is 7.64. The van der Waals surface area contributed by atoms with Gasteiger partial charge in [-0.1, -0.05) is 19.3 Å². The Kier molecular flexibility index (Phi) is 6.09. The van der Waals surface area contributed by atoms with E-state index in [1.807, 2.05) is 0 Å². The summed E-state index contributed by atoms with van der Waals surface area (Å²) in [5.41, 5.74) is 6.37. The number of nitrogens with two attached hydrogens (primary N) is 1. The fraction of sp³-hybridized carbons (Fsp3) is 0.944. The summed E-state index contributed by atoms with van der Waals surface area (Å²) in [7, 11) is 0. The molecule has 2 N–H and O–H groups in total. The molecule has 2 fully saturated rings. The van der Waals surface area contributed by atoms with Gasteiger partial charge in [0.1, 0.15) is 0 Å². The molecule has 0 radical (unpaired) electrons. The highest BCUT2D eigenvalue weighted by atomic mass is 15.2. The van der Waals surface area contributed by atoms with Crippen molar-refractivity contribution in [3.05, 3.63) is 0 Å². The van der Waals surface area contributed by atoms with E-state index < -0.39 is 0 Å². The lowest BCUT2D eigenvalue weighted by molar-refractivity contribution is 0.136. The van der Waals surface area contributed by atoms with Crippen LogP contribution in [0.1, 0.15) is 79.1 Å². The molecule has 0 spiro atoms. The first-order valence-electron chi connectivity index (χ1n) is 9.09. The van der Waals surface area contributed by atoms with Crippen LogP contribution in [0.2, 0.25) is 0 Å². The van der Waals surface area contributed by atoms with Crippen molar-refractivity contribution in [2.45, 2.75) is 103 Å². The van der Waals surface area contributed by atoms with Gasteiger partial charge in [0, 0.05) is 30.6 Å². The molecule has 0 amide bonds. The Morgan fingerprint density at radius 2 is 1.76 bits per heavy atom. The van der Waals surface area contributed by atoms with Crippen molar-refractivity contribution in [3.63, 3.8) is 0 Å². The lowest BCUT2D eigenvalue weighted by Gasteiger charge is -2.46. The van der Waals surface area contributed by atoms with Gasteiger partial charge in [-0.2, -0.15) is 0 Å². The molecule has 3 heteroatoms. The fourth-order valence-electron chi connectivity index (χ4n) is 4.26. The maximum absolute atomic E-state index is 6.37. The van der Waals surface area contributed by atoms with Gasteiger partial charge in [-0.3, -0.25) is 4.99 Å². The Hall–Kier alpha value is -0.570. The highest BCUT2D eigenvalue weighted by Gasteiger charge is 2.36. The molecule has 2 aliphatic rings. The lowest BCUT2D eigenvalue weighted by Crippen LogP contribution is -2.53. The predicted molar refractivity (Wildman–Crippen MR) is 91.7 cm³/mol. The van der Waals surface area contributed by atoms with Crippen molar-refractivity contribution in [1.29, 1.82) is 0 Å². The van der Waals surface area contributed by atoms with Crippen LogP contribution in [0.15, 0.2) is 4.99 Å². The normalized spacial score (nSPS) is 33.8. The number of amidine groups is 1. The molecular formula is C18H35N3. The van der Waals surface area contributed by atoms with E-state index in [1.54, 1.807) is 0 Å².